The van der Waals surface area contributed by atoms with Crippen LogP contribution in [0.25, 0.3) is 22.4 Å². The maximum Gasteiger partial charge on any atom is 0.138 e. The summed E-state index contributed by atoms with van der Waals surface area (Å²) in [5, 5.41) is 7.69. The van der Waals surface area contributed by atoms with Gasteiger partial charge in [0, 0.05) is 37.4 Å². The van der Waals surface area contributed by atoms with Crippen molar-refractivity contribution in [3.8, 4) is 11.4 Å². The number of H-pyrrole nitrogens is 2. The number of nitrogens with one attached hydrogen (secondary N) is 2. The van der Waals surface area contributed by atoms with Crippen molar-refractivity contribution in [2.24, 2.45) is 0 Å². The van der Waals surface area contributed by atoms with Crippen LogP contribution in [0.4, 0.5) is 5.69 Å². The summed E-state index contributed by atoms with van der Waals surface area (Å²) >= 11 is 0. The Kier molecular flexibility index (Phi) is 5.94. The molecule has 1 aliphatic heterocycles. The van der Waals surface area contributed by atoms with E-state index in [1.807, 2.05) is 0 Å². The maximum atomic E-state index is 5.04. The monoisotopic (exact) mass is 456 g/mol. The van der Waals surface area contributed by atoms with Gasteiger partial charge in [-0.15, -0.1) is 0 Å². The predicted molar refractivity (Wildman–Crippen MR) is 140 cm³/mol. The molecular weight excluding hydrogens is 420 g/mol. The Bertz CT molecular complexity index is 1250. The van der Waals surface area contributed by atoms with Crippen LogP contribution in [0.2, 0.25) is 0 Å². The number of piperazine rings is 1. The van der Waals surface area contributed by atoms with Crippen molar-refractivity contribution in [1.82, 2.24) is 25.1 Å². The van der Waals surface area contributed by atoms with E-state index in [9.17, 15) is 0 Å². The molecule has 2 aromatic carbocycles. The number of aromatic amines is 2. The number of fused-ring (bicyclic) bond motifs is 1. The molecule has 1 atom stereocenters. The Hall–Kier alpha value is -3.12. The minimum absolute atomic E-state index is 0.147. The van der Waals surface area contributed by atoms with Crippen molar-refractivity contribution in [3.05, 3.63) is 65.5 Å². The Labute approximate surface area is 202 Å². The smallest absolute Gasteiger partial charge is 0.138 e. The van der Waals surface area contributed by atoms with Gasteiger partial charge in [-0.2, -0.15) is 5.10 Å². The summed E-state index contributed by atoms with van der Waals surface area (Å²) in [6.45, 7) is 15.1. The first-order chi connectivity index (χ1) is 16.3. The number of rotatable bonds is 5. The normalized spacial score (nSPS) is 16.3. The van der Waals surface area contributed by atoms with Gasteiger partial charge in [-0.3, -0.25) is 10.00 Å². The molecular formula is C28H36N6. The van der Waals surface area contributed by atoms with Gasteiger partial charge in [0.05, 0.1) is 22.9 Å². The van der Waals surface area contributed by atoms with E-state index in [0.717, 1.165) is 60.7 Å². The van der Waals surface area contributed by atoms with E-state index < -0.39 is 0 Å². The Balaban J connectivity index is 1.33. The fraction of sp³-hybridized carbons (Fsp3) is 0.429. The Morgan fingerprint density at radius 1 is 1.00 bits per heavy atom. The molecule has 178 valence electrons. The van der Waals surface area contributed by atoms with Gasteiger partial charge in [0.2, 0.25) is 0 Å². The van der Waals surface area contributed by atoms with Crippen LogP contribution in [0.5, 0.6) is 0 Å². The van der Waals surface area contributed by atoms with Crippen LogP contribution in [-0.4, -0.2) is 51.2 Å². The van der Waals surface area contributed by atoms with Gasteiger partial charge in [0.25, 0.3) is 0 Å². The van der Waals surface area contributed by atoms with Crippen molar-refractivity contribution in [2.75, 3.05) is 31.1 Å². The molecule has 0 spiro atoms. The average molecular weight is 457 g/mol. The highest BCUT2D eigenvalue weighted by Crippen LogP contribution is 2.31. The summed E-state index contributed by atoms with van der Waals surface area (Å²) in [4.78, 5) is 13.6. The van der Waals surface area contributed by atoms with Crippen LogP contribution in [0.1, 0.15) is 57.6 Å². The third kappa shape index (κ3) is 4.34. The van der Waals surface area contributed by atoms with Crippen LogP contribution in [0, 0.1) is 0 Å². The van der Waals surface area contributed by atoms with E-state index in [1.165, 1.54) is 16.9 Å². The fourth-order valence-corrected chi connectivity index (χ4v) is 4.85. The molecule has 1 aliphatic rings. The molecule has 1 unspecified atom stereocenters. The molecule has 1 fully saturated rings. The molecule has 0 radical (unpaired) electrons. The van der Waals surface area contributed by atoms with Crippen LogP contribution in [0.15, 0.2) is 48.5 Å². The summed E-state index contributed by atoms with van der Waals surface area (Å²) in [5.41, 5.74) is 8.31. The molecule has 6 nitrogen and oxygen atoms in total. The van der Waals surface area contributed by atoms with Crippen LogP contribution >= 0.6 is 0 Å². The second-order valence-corrected chi connectivity index (χ2v) is 10.5. The standard InChI is InChI=1S/C28H36N6/c1-6-22-18-24(32-31-22)19(2)33-14-16-34(17-15-33)25-9-7-8-23-26(25)30-27(29-23)20-10-12-21(13-11-20)28(3,4)5/h7-13,18-19H,6,14-17H2,1-5H3,(H,29,30)(H,31,32). The van der Waals surface area contributed by atoms with Crippen LogP contribution in [-0.2, 0) is 11.8 Å². The van der Waals surface area contributed by atoms with Crippen molar-refractivity contribution in [3.63, 3.8) is 0 Å². The minimum atomic E-state index is 0.147. The molecule has 6 heteroatoms. The van der Waals surface area contributed by atoms with E-state index in [4.69, 9.17) is 4.98 Å². The highest BCUT2D eigenvalue weighted by molar-refractivity contribution is 5.91. The Morgan fingerprint density at radius 2 is 1.74 bits per heavy atom. The lowest BCUT2D eigenvalue weighted by molar-refractivity contribution is 0.195. The van der Waals surface area contributed by atoms with Crippen LogP contribution < -0.4 is 4.90 Å². The number of hydrogen-bond acceptors (Lipinski definition) is 4. The number of nitrogens with zero attached hydrogens (tertiary/aromatic N) is 4. The lowest BCUT2D eigenvalue weighted by Crippen LogP contribution is -2.47. The maximum absolute atomic E-state index is 5.04. The SMILES string of the molecule is CCc1cc(C(C)N2CCN(c3cccc4[nH]c(-c5ccc(C(C)(C)C)cc5)nc34)CC2)n[nH]1. The van der Waals surface area contributed by atoms with Gasteiger partial charge in [-0.1, -0.05) is 58.0 Å². The van der Waals surface area contributed by atoms with Crippen molar-refractivity contribution >= 4 is 16.7 Å². The summed E-state index contributed by atoms with van der Waals surface area (Å²) < 4.78 is 0. The lowest BCUT2D eigenvalue weighted by atomic mass is 9.87. The average Bonchev–Trinajstić information content (AvgIpc) is 3.50. The topological polar surface area (TPSA) is 63.8 Å². The highest BCUT2D eigenvalue weighted by atomic mass is 15.3. The van der Waals surface area contributed by atoms with Gasteiger partial charge in [-0.25, -0.2) is 4.98 Å². The fourth-order valence-electron chi connectivity index (χ4n) is 4.85. The quantitative estimate of drug-likeness (QED) is 0.405. The zero-order valence-electron chi connectivity index (χ0n) is 21.0. The van der Waals surface area contributed by atoms with E-state index >= 15 is 0 Å². The molecule has 34 heavy (non-hydrogen) atoms. The molecule has 0 saturated carbocycles. The third-order valence-electron chi connectivity index (χ3n) is 7.18. The number of benzene rings is 2. The second-order valence-electron chi connectivity index (χ2n) is 10.5. The molecule has 2 aromatic heterocycles. The zero-order valence-corrected chi connectivity index (χ0v) is 21.0. The molecule has 0 aliphatic carbocycles. The van der Waals surface area contributed by atoms with E-state index in [-0.39, 0.29) is 5.41 Å². The summed E-state index contributed by atoms with van der Waals surface area (Å²) in [6.07, 6.45) is 0.990. The molecule has 1 saturated heterocycles. The largest absolute Gasteiger partial charge is 0.367 e. The van der Waals surface area contributed by atoms with E-state index in [1.54, 1.807) is 0 Å². The first-order valence-electron chi connectivity index (χ1n) is 12.5. The minimum Gasteiger partial charge on any atom is -0.367 e. The summed E-state index contributed by atoms with van der Waals surface area (Å²) in [7, 11) is 0. The number of imidazole rings is 1. The first kappa shape index (κ1) is 22.7. The first-order valence-corrected chi connectivity index (χ1v) is 12.5. The number of aromatic nitrogens is 4. The van der Waals surface area contributed by atoms with Crippen molar-refractivity contribution in [2.45, 2.75) is 52.5 Å². The number of aryl methyl sites for hydroxylation is 1. The highest BCUT2D eigenvalue weighted by Gasteiger charge is 2.25. The van der Waals surface area contributed by atoms with E-state index in [0.29, 0.717) is 6.04 Å². The number of para-hydroxylation sites is 1. The summed E-state index contributed by atoms with van der Waals surface area (Å²) in [5.74, 6) is 0.931. The predicted octanol–water partition coefficient (Wildman–Crippen LogP) is 5.70. The van der Waals surface area contributed by atoms with Crippen LogP contribution in [0.3, 0.4) is 0 Å². The molecule has 2 N–H and O–H groups in total. The lowest BCUT2D eigenvalue weighted by Gasteiger charge is -2.38. The molecule has 3 heterocycles. The molecule has 4 aromatic rings. The second kappa shape index (κ2) is 8.91. The zero-order chi connectivity index (χ0) is 23.9. The van der Waals surface area contributed by atoms with Crippen molar-refractivity contribution < 1.29 is 0 Å². The summed E-state index contributed by atoms with van der Waals surface area (Å²) in [6, 6.07) is 17.8. The Morgan fingerprint density at radius 3 is 2.38 bits per heavy atom. The van der Waals surface area contributed by atoms with Gasteiger partial charge in [0.1, 0.15) is 11.3 Å². The molecule has 0 amide bonds. The third-order valence-corrected chi connectivity index (χ3v) is 7.18. The van der Waals surface area contributed by atoms with E-state index in [2.05, 4.69) is 108 Å². The van der Waals surface area contributed by atoms with Gasteiger partial charge in [0.15, 0.2) is 0 Å². The van der Waals surface area contributed by atoms with Gasteiger partial charge in [-0.05, 0) is 42.5 Å². The van der Waals surface area contributed by atoms with Gasteiger partial charge < -0.3 is 9.88 Å². The molecule has 0 bridgehead atoms. The number of anilines is 1. The van der Waals surface area contributed by atoms with Gasteiger partial charge >= 0.3 is 0 Å². The van der Waals surface area contributed by atoms with Crippen molar-refractivity contribution in [1.29, 1.82) is 0 Å². The number of hydrogen-bond donors (Lipinski definition) is 2. The molecule has 5 rings (SSSR count).